The predicted molar refractivity (Wildman–Crippen MR) is 118 cm³/mol. The first kappa shape index (κ1) is 23.7. The van der Waals surface area contributed by atoms with Gasteiger partial charge in [-0.1, -0.05) is 39.8 Å². The van der Waals surface area contributed by atoms with Crippen LogP contribution >= 0.6 is 24.0 Å². The van der Waals surface area contributed by atoms with Crippen molar-refractivity contribution in [1.82, 2.24) is 10.6 Å². The van der Waals surface area contributed by atoms with Gasteiger partial charge in [0.25, 0.3) is 0 Å². The van der Waals surface area contributed by atoms with Crippen LogP contribution in [0.3, 0.4) is 0 Å². The number of benzene rings is 1. The molecule has 0 saturated carbocycles. The van der Waals surface area contributed by atoms with E-state index in [0.717, 1.165) is 23.8 Å². The van der Waals surface area contributed by atoms with Gasteiger partial charge >= 0.3 is 0 Å². The first-order valence-corrected chi connectivity index (χ1v) is 8.78. The van der Waals surface area contributed by atoms with Crippen molar-refractivity contribution in [2.75, 3.05) is 11.9 Å². The van der Waals surface area contributed by atoms with Gasteiger partial charge in [-0.3, -0.25) is 4.79 Å². The number of anilines is 1. The fourth-order valence-electron chi connectivity index (χ4n) is 1.85. The van der Waals surface area contributed by atoms with Gasteiger partial charge in [0.2, 0.25) is 5.91 Å². The van der Waals surface area contributed by atoms with Crippen LogP contribution in [0.4, 0.5) is 5.69 Å². The Balaban J connectivity index is 0.00000576. The molecule has 5 nitrogen and oxygen atoms in total. The number of aliphatic imine (C=N–C) groups is 1. The molecule has 3 N–H and O–H groups in total. The smallest absolute Gasteiger partial charge is 0.226 e. The summed E-state index contributed by atoms with van der Waals surface area (Å²) < 4.78 is 0. The lowest BCUT2D eigenvalue weighted by atomic mass is 10.1. The summed E-state index contributed by atoms with van der Waals surface area (Å²) in [5.41, 5.74) is 1.92. The summed E-state index contributed by atoms with van der Waals surface area (Å²) in [7, 11) is 0. The second kappa shape index (κ2) is 12.1. The molecule has 0 fully saturated rings. The maximum atomic E-state index is 11.7. The molecule has 1 unspecified atom stereocenters. The van der Waals surface area contributed by atoms with Crippen molar-refractivity contribution >= 4 is 41.5 Å². The molecule has 0 saturated heterocycles. The normalized spacial score (nSPS) is 12.6. The number of guanidine groups is 1. The van der Waals surface area contributed by atoms with E-state index in [4.69, 9.17) is 0 Å². The Morgan fingerprint density at radius 2 is 1.68 bits per heavy atom. The lowest BCUT2D eigenvalue weighted by Crippen LogP contribution is -2.44. The zero-order valence-electron chi connectivity index (χ0n) is 16.2. The van der Waals surface area contributed by atoms with E-state index < -0.39 is 0 Å². The third-order valence-corrected chi connectivity index (χ3v) is 3.87. The van der Waals surface area contributed by atoms with Crippen molar-refractivity contribution in [3.05, 3.63) is 29.8 Å². The Hall–Kier alpha value is -1.31. The van der Waals surface area contributed by atoms with Gasteiger partial charge < -0.3 is 16.0 Å². The molecule has 142 valence electrons. The lowest BCUT2D eigenvalue weighted by Gasteiger charge is -2.20. The van der Waals surface area contributed by atoms with E-state index in [-0.39, 0.29) is 35.8 Å². The molecule has 25 heavy (non-hydrogen) atoms. The van der Waals surface area contributed by atoms with Crippen LogP contribution in [0.15, 0.2) is 29.3 Å². The molecule has 1 aromatic rings. The van der Waals surface area contributed by atoms with Crippen LogP contribution in [0.1, 0.15) is 47.1 Å². The summed E-state index contributed by atoms with van der Waals surface area (Å²) in [6.07, 6.45) is 0. The van der Waals surface area contributed by atoms with E-state index in [1.807, 2.05) is 38.1 Å². The third kappa shape index (κ3) is 9.09. The van der Waals surface area contributed by atoms with E-state index in [0.29, 0.717) is 18.5 Å². The summed E-state index contributed by atoms with van der Waals surface area (Å²) in [5, 5.41) is 9.58. The molecule has 1 rings (SSSR count). The Kier molecular flexibility index (Phi) is 11.5. The van der Waals surface area contributed by atoms with E-state index in [1.165, 1.54) is 0 Å². The van der Waals surface area contributed by atoms with Crippen LogP contribution in [0.5, 0.6) is 0 Å². The molecule has 0 aliphatic rings. The van der Waals surface area contributed by atoms with Crippen LogP contribution in [-0.2, 0) is 11.3 Å². The molecule has 0 aromatic heterocycles. The molecular weight excluding hydrogens is 427 g/mol. The number of carbonyl (C=O) groups is 1. The minimum atomic E-state index is -0.0222. The third-order valence-electron chi connectivity index (χ3n) is 3.87. The second-order valence-electron chi connectivity index (χ2n) is 6.71. The first-order chi connectivity index (χ1) is 11.3. The van der Waals surface area contributed by atoms with Gasteiger partial charge in [0.05, 0.1) is 6.54 Å². The molecular formula is C19H33IN4O. The van der Waals surface area contributed by atoms with E-state index in [2.05, 4.69) is 48.6 Å². The number of hydrogen-bond donors (Lipinski definition) is 3. The highest BCUT2D eigenvalue weighted by Gasteiger charge is 2.09. The zero-order valence-corrected chi connectivity index (χ0v) is 18.5. The van der Waals surface area contributed by atoms with Crippen molar-refractivity contribution in [3.63, 3.8) is 0 Å². The van der Waals surface area contributed by atoms with Crippen LogP contribution in [0.2, 0.25) is 0 Å². The van der Waals surface area contributed by atoms with Crippen molar-refractivity contribution in [2.24, 2.45) is 16.8 Å². The molecule has 0 bridgehead atoms. The first-order valence-electron chi connectivity index (χ1n) is 8.78. The number of carbonyl (C=O) groups excluding carboxylic acids is 1. The average Bonchev–Trinajstić information content (AvgIpc) is 2.53. The summed E-state index contributed by atoms with van der Waals surface area (Å²) in [6.45, 7) is 13.8. The van der Waals surface area contributed by atoms with Gasteiger partial charge in [-0.25, -0.2) is 4.99 Å². The molecule has 1 atom stereocenters. The van der Waals surface area contributed by atoms with E-state index in [9.17, 15) is 4.79 Å². The second-order valence-corrected chi connectivity index (χ2v) is 6.71. The molecule has 0 aliphatic heterocycles. The molecule has 0 radical (unpaired) electrons. The molecule has 6 heteroatoms. The van der Waals surface area contributed by atoms with Crippen LogP contribution in [0, 0.1) is 11.8 Å². The van der Waals surface area contributed by atoms with Crippen molar-refractivity contribution in [1.29, 1.82) is 0 Å². The molecule has 0 aliphatic carbocycles. The van der Waals surface area contributed by atoms with Crippen molar-refractivity contribution in [2.45, 2.75) is 54.1 Å². The minimum Gasteiger partial charge on any atom is -0.357 e. The van der Waals surface area contributed by atoms with Crippen LogP contribution in [-0.4, -0.2) is 24.5 Å². The van der Waals surface area contributed by atoms with E-state index >= 15 is 0 Å². The molecule has 0 heterocycles. The van der Waals surface area contributed by atoms with Crippen LogP contribution in [0.25, 0.3) is 0 Å². The largest absolute Gasteiger partial charge is 0.357 e. The average molecular weight is 460 g/mol. The maximum absolute atomic E-state index is 11.7. The number of halogens is 1. The summed E-state index contributed by atoms with van der Waals surface area (Å²) in [6, 6.07) is 8.19. The van der Waals surface area contributed by atoms with Crippen molar-refractivity contribution in [3.8, 4) is 0 Å². The fourth-order valence-corrected chi connectivity index (χ4v) is 1.85. The lowest BCUT2D eigenvalue weighted by molar-refractivity contribution is -0.118. The van der Waals surface area contributed by atoms with Crippen molar-refractivity contribution < 1.29 is 4.79 Å². The monoisotopic (exact) mass is 460 g/mol. The quantitative estimate of drug-likeness (QED) is 0.328. The highest BCUT2D eigenvalue weighted by atomic mass is 127. The number of rotatable bonds is 7. The maximum Gasteiger partial charge on any atom is 0.226 e. The Bertz CT molecular complexity index is 541. The summed E-state index contributed by atoms with van der Waals surface area (Å²) in [5.74, 6) is 1.38. The number of amides is 1. The number of nitrogens with zero attached hydrogens (tertiary/aromatic N) is 1. The molecule has 1 amide bonds. The molecule has 1 aromatic carbocycles. The van der Waals surface area contributed by atoms with Gasteiger partial charge in [-0.15, -0.1) is 24.0 Å². The number of hydrogen-bond acceptors (Lipinski definition) is 2. The van der Waals surface area contributed by atoms with Gasteiger partial charge in [0.15, 0.2) is 5.96 Å². The standard InChI is InChI=1S/C19H32N4O.HI/c1-7-20-19(22-15(6)13(2)3)21-12-16-8-10-17(11-9-16)23-18(24)14(4)5;/h8-11,13-15H,7,12H2,1-6H3,(H,23,24)(H2,20,21,22);1H. The molecule has 0 spiro atoms. The Labute approximate surface area is 169 Å². The Morgan fingerprint density at radius 3 is 2.16 bits per heavy atom. The zero-order chi connectivity index (χ0) is 18.1. The Morgan fingerprint density at radius 1 is 1.08 bits per heavy atom. The van der Waals surface area contributed by atoms with Gasteiger partial charge in [-0.2, -0.15) is 0 Å². The highest BCUT2D eigenvalue weighted by molar-refractivity contribution is 14.0. The van der Waals surface area contributed by atoms with Gasteiger partial charge in [0.1, 0.15) is 0 Å². The summed E-state index contributed by atoms with van der Waals surface area (Å²) >= 11 is 0. The minimum absolute atomic E-state index is 0. The predicted octanol–water partition coefficient (Wildman–Crippen LogP) is 4.00. The highest BCUT2D eigenvalue weighted by Crippen LogP contribution is 2.11. The SMILES string of the molecule is CCNC(=NCc1ccc(NC(=O)C(C)C)cc1)NC(C)C(C)C.I. The number of nitrogens with one attached hydrogen (secondary N) is 3. The van der Waals surface area contributed by atoms with Gasteiger partial charge in [-0.05, 0) is 37.5 Å². The van der Waals surface area contributed by atoms with E-state index in [1.54, 1.807) is 0 Å². The fraction of sp³-hybridized carbons (Fsp3) is 0.579. The van der Waals surface area contributed by atoms with Gasteiger partial charge in [0, 0.05) is 24.2 Å². The summed E-state index contributed by atoms with van der Waals surface area (Å²) in [4.78, 5) is 16.3. The topological polar surface area (TPSA) is 65.5 Å². The van der Waals surface area contributed by atoms with Crippen LogP contribution < -0.4 is 16.0 Å².